The highest BCUT2D eigenvalue weighted by Crippen LogP contribution is 2.51. The van der Waals surface area contributed by atoms with E-state index in [1.807, 2.05) is 0 Å². The summed E-state index contributed by atoms with van der Waals surface area (Å²) in [5.41, 5.74) is 0. The van der Waals surface area contributed by atoms with Gasteiger partial charge in [-0.25, -0.2) is 0 Å². The first kappa shape index (κ1) is 11.5. The van der Waals surface area contributed by atoms with Crippen molar-refractivity contribution >= 4 is 34.4 Å². The predicted octanol–water partition coefficient (Wildman–Crippen LogP) is 1.94. The molecule has 0 atom stereocenters. The van der Waals surface area contributed by atoms with Crippen molar-refractivity contribution in [2.45, 2.75) is 6.42 Å². The van der Waals surface area contributed by atoms with E-state index in [1.54, 1.807) is 11.4 Å². The van der Waals surface area contributed by atoms with Gasteiger partial charge in [-0.2, -0.15) is 0 Å². The first-order valence-corrected chi connectivity index (χ1v) is 8.51. The fraction of sp³-hybridized carbons (Fsp3) is 0.833. The van der Waals surface area contributed by atoms with E-state index in [1.165, 1.54) is 7.11 Å². The summed E-state index contributed by atoms with van der Waals surface area (Å²) >= 11 is 6.90. The van der Waals surface area contributed by atoms with E-state index >= 15 is 0 Å². The third-order valence-electron chi connectivity index (χ3n) is 0.936. The van der Waals surface area contributed by atoms with Gasteiger partial charge in [0.2, 0.25) is 0 Å². The van der Waals surface area contributed by atoms with Gasteiger partial charge < -0.3 is 4.74 Å². The lowest BCUT2D eigenvalue weighted by Crippen LogP contribution is -2.00. The number of ether oxygens (including phenoxy) is 1. The number of methoxy groups -OCH3 is 1. The smallest absolute Gasteiger partial charge is 0.306 e. The van der Waals surface area contributed by atoms with Crippen LogP contribution in [-0.4, -0.2) is 32.2 Å². The predicted molar refractivity (Wildman–Crippen MR) is 55.2 cm³/mol. The van der Waals surface area contributed by atoms with Crippen LogP contribution in [0.4, 0.5) is 0 Å². The maximum atomic E-state index is 10.6. The van der Waals surface area contributed by atoms with Crippen LogP contribution in [0.5, 0.6) is 0 Å². The van der Waals surface area contributed by atoms with Crippen LogP contribution in [0.15, 0.2) is 0 Å². The fourth-order valence-electron chi connectivity index (χ4n) is 0.451. The summed E-state index contributed by atoms with van der Waals surface area (Å²) in [6, 6.07) is 0. The second-order valence-corrected chi connectivity index (χ2v) is 12.5. The largest absolute Gasteiger partial charge is 0.469 e. The van der Waals surface area contributed by atoms with Crippen molar-refractivity contribution in [1.82, 2.24) is 0 Å². The zero-order valence-electron chi connectivity index (χ0n) is 6.99. The van der Waals surface area contributed by atoms with Gasteiger partial charge in [0.1, 0.15) is 0 Å². The van der Waals surface area contributed by atoms with Crippen LogP contribution in [0.1, 0.15) is 6.42 Å². The van der Waals surface area contributed by atoms with E-state index in [-0.39, 0.29) is 5.97 Å². The Morgan fingerprint density at radius 1 is 1.64 bits per heavy atom. The maximum Gasteiger partial charge on any atom is 0.306 e. The van der Waals surface area contributed by atoms with Crippen molar-refractivity contribution < 1.29 is 9.53 Å². The minimum atomic E-state index is -1.19. The maximum absolute atomic E-state index is 10.6. The molecule has 0 fully saturated rings. The number of carbonyl (C=O) groups excluding carboxylic acids is 1. The Kier molecular flexibility index (Phi) is 5.40. The van der Waals surface area contributed by atoms with E-state index in [2.05, 4.69) is 18.1 Å². The van der Waals surface area contributed by atoms with E-state index < -0.39 is 5.24 Å². The van der Waals surface area contributed by atoms with Crippen LogP contribution >= 0.6 is 16.6 Å². The number of rotatable bonds is 4. The SMILES string of the molecule is COC(=O)CCSP(C)(C)=S. The molecular formula is C6H13O2PS2. The van der Waals surface area contributed by atoms with Crippen molar-refractivity contribution in [3.8, 4) is 0 Å². The standard InChI is InChI=1S/C6H13O2PS2/c1-8-6(7)4-5-11-9(2,3)10/h4-5H2,1-3H3. The molecule has 2 nitrogen and oxygen atoms in total. The Balaban J connectivity index is 3.43. The fourth-order valence-corrected chi connectivity index (χ4v) is 3.41. The highest BCUT2D eigenvalue weighted by Gasteiger charge is 2.05. The summed E-state index contributed by atoms with van der Waals surface area (Å²) in [7, 11) is 1.40. The van der Waals surface area contributed by atoms with Gasteiger partial charge in [-0.1, -0.05) is 11.8 Å². The van der Waals surface area contributed by atoms with Crippen LogP contribution in [-0.2, 0) is 21.3 Å². The molecule has 0 N–H and O–H groups in total. The van der Waals surface area contributed by atoms with Gasteiger partial charge in [-0.15, -0.1) is 11.4 Å². The first-order chi connectivity index (χ1) is 4.95. The number of hydrogen-bond acceptors (Lipinski definition) is 4. The molecule has 5 heteroatoms. The third-order valence-corrected chi connectivity index (χ3v) is 5.31. The lowest BCUT2D eigenvalue weighted by Gasteiger charge is -2.07. The second-order valence-electron chi connectivity index (χ2n) is 2.41. The lowest BCUT2D eigenvalue weighted by molar-refractivity contribution is -0.140. The van der Waals surface area contributed by atoms with Crippen LogP contribution in [0.2, 0.25) is 0 Å². The van der Waals surface area contributed by atoms with Gasteiger partial charge >= 0.3 is 5.97 Å². The quantitative estimate of drug-likeness (QED) is 0.525. The molecule has 66 valence electrons. The van der Waals surface area contributed by atoms with Crippen LogP contribution in [0, 0.1) is 0 Å². The van der Waals surface area contributed by atoms with Crippen molar-refractivity contribution in [2.24, 2.45) is 0 Å². The van der Waals surface area contributed by atoms with Gasteiger partial charge in [-0.05, 0) is 13.3 Å². The topological polar surface area (TPSA) is 26.3 Å². The zero-order valence-corrected chi connectivity index (χ0v) is 9.52. The average Bonchev–Trinajstić information content (AvgIpc) is 1.85. The molecule has 0 bridgehead atoms. The molecule has 0 unspecified atom stereocenters. The van der Waals surface area contributed by atoms with Crippen molar-refractivity contribution in [3.63, 3.8) is 0 Å². The molecule has 0 saturated heterocycles. The number of esters is 1. The molecule has 0 aromatic rings. The number of carbonyl (C=O) groups is 1. The minimum Gasteiger partial charge on any atom is -0.469 e. The monoisotopic (exact) mass is 212 g/mol. The van der Waals surface area contributed by atoms with E-state index in [4.69, 9.17) is 11.8 Å². The molecule has 0 heterocycles. The van der Waals surface area contributed by atoms with Crippen LogP contribution in [0.3, 0.4) is 0 Å². The summed E-state index contributed by atoms with van der Waals surface area (Å²) in [6.45, 7) is 4.12. The van der Waals surface area contributed by atoms with Crippen LogP contribution in [0.25, 0.3) is 0 Å². The highest BCUT2D eigenvalue weighted by molar-refractivity contribution is 8.70. The zero-order chi connectivity index (χ0) is 8.91. The summed E-state index contributed by atoms with van der Waals surface area (Å²) in [5, 5.41) is -1.19. The molecule has 0 aromatic heterocycles. The summed E-state index contributed by atoms with van der Waals surface area (Å²) in [6.07, 6.45) is 0.473. The minimum absolute atomic E-state index is 0.152. The molecule has 0 spiro atoms. The van der Waals surface area contributed by atoms with Gasteiger partial charge in [0.05, 0.1) is 13.5 Å². The Labute approximate surface area is 76.8 Å². The molecular weight excluding hydrogens is 199 g/mol. The molecule has 0 aliphatic carbocycles. The van der Waals surface area contributed by atoms with Crippen LogP contribution < -0.4 is 0 Å². The van der Waals surface area contributed by atoms with Gasteiger partial charge in [-0.3, -0.25) is 4.79 Å². The Hall–Kier alpha value is 0.470. The average molecular weight is 212 g/mol. The Bertz CT molecular complexity index is 175. The first-order valence-electron chi connectivity index (χ1n) is 3.22. The molecule has 0 aromatic carbocycles. The summed E-state index contributed by atoms with van der Waals surface area (Å²) < 4.78 is 4.49. The molecule has 11 heavy (non-hydrogen) atoms. The Morgan fingerprint density at radius 2 is 2.18 bits per heavy atom. The molecule has 0 aliphatic rings. The third kappa shape index (κ3) is 8.38. The number of hydrogen-bond donors (Lipinski definition) is 0. The van der Waals surface area contributed by atoms with E-state index in [0.717, 1.165) is 5.75 Å². The molecule has 0 radical (unpaired) electrons. The molecule has 0 rings (SSSR count). The molecule has 0 amide bonds. The van der Waals surface area contributed by atoms with Crippen molar-refractivity contribution in [3.05, 3.63) is 0 Å². The van der Waals surface area contributed by atoms with E-state index in [9.17, 15) is 4.79 Å². The Morgan fingerprint density at radius 3 is 2.55 bits per heavy atom. The molecule has 0 aliphatic heterocycles. The second kappa shape index (κ2) is 5.18. The van der Waals surface area contributed by atoms with Gasteiger partial charge in [0, 0.05) is 11.0 Å². The lowest BCUT2D eigenvalue weighted by atomic mass is 10.5. The van der Waals surface area contributed by atoms with Crippen molar-refractivity contribution in [2.75, 3.05) is 26.2 Å². The van der Waals surface area contributed by atoms with E-state index in [0.29, 0.717) is 6.42 Å². The van der Waals surface area contributed by atoms with Crippen molar-refractivity contribution in [1.29, 1.82) is 0 Å². The molecule has 0 saturated carbocycles. The summed E-state index contributed by atoms with van der Waals surface area (Å²) in [5.74, 6) is 0.637. The van der Waals surface area contributed by atoms with Gasteiger partial charge in [0.15, 0.2) is 0 Å². The highest BCUT2D eigenvalue weighted by atomic mass is 32.9. The van der Waals surface area contributed by atoms with Gasteiger partial charge in [0.25, 0.3) is 0 Å². The summed E-state index contributed by atoms with van der Waals surface area (Å²) in [4.78, 5) is 10.6. The normalized spacial score (nSPS) is 11.2.